The number of fused-ring (bicyclic) bond motifs is 1. The van der Waals surface area contributed by atoms with Crippen molar-refractivity contribution in [1.29, 1.82) is 0 Å². The van der Waals surface area contributed by atoms with Crippen LogP contribution in [0.3, 0.4) is 0 Å². The molecule has 2 amide bonds. The number of para-hydroxylation sites is 2. The fourth-order valence-corrected chi connectivity index (χ4v) is 3.34. The van der Waals surface area contributed by atoms with Gasteiger partial charge in [-0.1, -0.05) is 12.1 Å². The van der Waals surface area contributed by atoms with Crippen LogP contribution in [-0.2, 0) is 9.59 Å². The molecule has 0 fully saturated rings. The molecule has 1 aromatic carbocycles. The van der Waals surface area contributed by atoms with E-state index in [9.17, 15) is 9.59 Å². The Balaban J connectivity index is 1.47. The molecule has 0 unspecified atom stereocenters. The minimum absolute atomic E-state index is 0.0767. The third-order valence-electron chi connectivity index (χ3n) is 3.82. The maximum atomic E-state index is 12.4. The molecule has 0 spiro atoms. The lowest BCUT2D eigenvalue weighted by atomic mass is 10.2. The molecule has 0 saturated heterocycles. The van der Waals surface area contributed by atoms with Crippen molar-refractivity contribution in [2.75, 3.05) is 23.4 Å². The first-order valence-corrected chi connectivity index (χ1v) is 8.76. The molecule has 26 heavy (non-hydrogen) atoms. The maximum Gasteiger partial charge on any atom is 0.265 e. The third-order valence-corrected chi connectivity index (χ3v) is 4.58. The average Bonchev–Trinajstić information content (AvgIpc) is 3.13. The first-order chi connectivity index (χ1) is 12.7. The number of benzene rings is 1. The smallest absolute Gasteiger partial charge is 0.265 e. The summed E-state index contributed by atoms with van der Waals surface area (Å²) in [6, 6.07) is 10.9. The lowest BCUT2D eigenvalue weighted by Crippen LogP contribution is -2.43. The van der Waals surface area contributed by atoms with Crippen LogP contribution in [0.5, 0.6) is 5.75 Å². The van der Waals surface area contributed by atoms with Crippen LogP contribution in [-0.4, -0.2) is 34.9 Å². The minimum Gasteiger partial charge on any atom is -0.482 e. The SMILES string of the molecule is O=C(CN1C(=O)COc2ccccc21)Nc1nc(-c2cccnc2)cs1. The Morgan fingerprint density at radius 3 is 3.00 bits per heavy atom. The zero-order chi connectivity index (χ0) is 17.9. The second-order valence-corrected chi connectivity index (χ2v) is 6.42. The summed E-state index contributed by atoms with van der Waals surface area (Å²) < 4.78 is 5.38. The highest BCUT2D eigenvalue weighted by Gasteiger charge is 2.27. The molecule has 1 aliphatic heterocycles. The largest absolute Gasteiger partial charge is 0.482 e. The highest BCUT2D eigenvalue weighted by molar-refractivity contribution is 7.14. The van der Waals surface area contributed by atoms with Gasteiger partial charge in [-0.15, -0.1) is 11.3 Å². The summed E-state index contributed by atoms with van der Waals surface area (Å²) in [5.41, 5.74) is 2.21. The number of nitrogens with one attached hydrogen (secondary N) is 1. The molecule has 8 heteroatoms. The van der Waals surface area contributed by atoms with E-state index < -0.39 is 0 Å². The number of hydrogen-bond acceptors (Lipinski definition) is 6. The van der Waals surface area contributed by atoms with Gasteiger partial charge in [0.05, 0.1) is 11.4 Å². The van der Waals surface area contributed by atoms with Crippen LogP contribution >= 0.6 is 11.3 Å². The number of nitrogens with zero attached hydrogens (tertiary/aromatic N) is 3. The van der Waals surface area contributed by atoms with Crippen molar-refractivity contribution in [2.45, 2.75) is 0 Å². The Morgan fingerprint density at radius 2 is 2.15 bits per heavy atom. The standard InChI is InChI=1S/C18H14N4O3S/c23-16(9-22-14-5-1-2-6-15(14)25-10-17(22)24)21-18-20-13(11-26-18)12-4-3-7-19-8-12/h1-8,11H,9-10H2,(H,20,21,23). The van der Waals surface area contributed by atoms with Gasteiger partial charge in [0.1, 0.15) is 12.3 Å². The van der Waals surface area contributed by atoms with E-state index in [0.717, 1.165) is 11.3 Å². The van der Waals surface area contributed by atoms with Crippen LogP contribution in [0.4, 0.5) is 10.8 Å². The van der Waals surface area contributed by atoms with E-state index in [1.807, 2.05) is 23.6 Å². The van der Waals surface area contributed by atoms with Crippen LogP contribution in [0, 0.1) is 0 Å². The van der Waals surface area contributed by atoms with Crippen LogP contribution in [0.1, 0.15) is 0 Å². The summed E-state index contributed by atoms with van der Waals surface area (Å²) >= 11 is 1.32. The molecule has 1 aliphatic rings. The Labute approximate surface area is 153 Å². The Bertz CT molecular complexity index is 958. The number of hydrogen-bond donors (Lipinski definition) is 1. The quantitative estimate of drug-likeness (QED) is 0.767. The Kier molecular flexibility index (Phi) is 4.32. The summed E-state index contributed by atoms with van der Waals surface area (Å²) in [7, 11) is 0. The summed E-state index contributed by atoms with van der Waals surface area (Å²) in [5.74, 6) is 0.0178. The van der Waals surface area contributed by atoms with Crippen LogP contribution in [0.15, 0.2) is 54.2 Å². The number of thiazole rings is 1. The zero-order valence-corrected chi connectivity index (χ0v) is 14.4. The molecule has 1 N–H and O–H groups in total. The summed E-state index contributed by atoms with van der Waals surface area (Å²) in [6.45, 7) is -0.173. The molecule has 3 heterocycles. The van der Waals surface area contributed by atoms with E-state index in [1.54, 1.807) is 30.6 Å². The van der Waals surface area contributed by atoms with Gasteiger partial charge in [0, 0.05) is 23.3 Å². The molecule has 0 atom stereocenters. The number of anilines is 2. The number of pyridine rings is 1. The molecular formula is C18H14N4O3S. The number of carbonyl (C=O) groups is 2. The van der Waals surface area contributed by atoms with Crippen molar-refractivity contribution in [3.05, 3.63) is 54.2 Å². The normalized spacial score (nSPS) is 13.1. The van der Waals surface area contributed by atoms with E-state index in [4.69, 9.17) is 4.74 Å². The minimum atomic E-state index is -0.317. The first-order valence-electron chi connectivity index (χ1n) is 7.89. The number of rotatable bonds is 4. The van der Waals surface area contributed by atoms with Gasteiger partial charge in [0.25, 0.3) is 5.91 Å². The number of aromatic nitrogens is 2. The lowest BCUT2D eigenvalue weighted by Gasteiger charge is -2.28. The molecule has 3 aromatic rings. The van der Waals surface area contributed by atoms with Crippen LogP contribution < -0.4 is 15.0 Å². The molecule has 130 valence electrons. The van der Waals surface area contributed by atoms with Crippen molar-refractivity contribution < 1.29 is 14.3 Å². The molecule has 2 aromatic heterocycles. The number of carbonyl (C=O) groups excluding carboxylic acids is 2. The predicted molar refractivity (Wildman–Crippen MR) is 98.3 cm³/mol. The molecule has 0 aliphatic carbocycles. The second-order valence-electron chi connectivity index (χ2n) is 5.56. The van der Waals surface area contributed by atoms with Crippen molar-refractivity contribution in [1.82, 2.24) is 9.97 Å². The van der Waals surface area contributed by atoms with E-state index in [1.165, 1.54) is 16.2 Å². The molecule has 0 radical (unpaired) electrons. The van der Waals surface area contributed by atoms with E-state index in [2.05, 4.69) is 15.3 Å². The predicted octanol–water partition coefficient (Wildman–Crippen LogP) is 2.57. The average molecular weight is 366 g/mol. The lowest BCUT2D eigenvalue weighted by molar-refractivity contribution is -0.123. The molecule has 7 nitrogen and oxygen atoms in total. The van der Waals surface area contributed by atoms with E-state index in [-0.39, 0.29) is 25.0 Å². The summed E-state index contributed by atoms with van der Waals surface area (Å²) in [5, 5.41) is 5.07. The van der Waals surface area contributed by atoms with Gasteiger partial charge < -0.3 is 10.1 Å². The molecule has 4 rings (SSSR count). The first kappa shape index (κ1) is 16.2. The fourth-order valence-electron chi connectivity index (χ4n) is 2.61. The van der Waals surface area contributed by atoms with Gasteiger partial charge in [-0.2, -0.15) is 0 Å². The van der Waals surface area contributed by atoms with E-state index >= 15 is 0 Å². The van der Waals surface area contributed by atoms with Crippen molar-refractivity contribution in [3.8, 4) is 17.0 Å². The van der Waals surface area contributed by atoms with Crippen LogP contribution in [0.25, 0.3) is 11.3 Å². The van der Waals surface area contributed by atoms with Crippen molar-refractivity contribution in [3.63, 3.8) is 0 Å². The van der Waals surface area contributed by atoms with Crippen LogP contribution in [0.2, 0.25) is 0 Å². The van der Waals surface area contributed by atoms with Gasteiger partial charge in [0.2, 0.25) is 5.91 Å². The van der Waals surface area contributed by atoms with Crippen molar-refractivity contribution in [2.24, 2.45) is 0 Å². The van der Waals surface area contributed by atoms with Crippen molar-refractivity contribution >= 4 is 34.0 Å². The topological polar surface area (TPSA) is 84.4 Å². The number of ether oxygens (including phenoxy) is 1. The zero-order valence-electron chi connectivity index (χ0n) is 13.6. The van der Waals surface area contributed by atoms with Gasteiger partial charge >= 0.3 is 0 Å². The fraction of sp³-hybridized carbons (Fsp3) is 0.111. The Morgan fingerprint density at radius 1 is 1.27 bits per heavy atom. The molecule has 0 saturated carbocycles. The highest BCUT2D eigenvalue weighted by Crippen LogP contribution is 2.31. The molecular weight excluding hydrogens is 352 g/mol. The highest BCUT2D eigenvalue weighted by atomic mass is 32.1. The van der Waals surface area contributed by atoms with Gasteiger partial charge in [-0.3, -0.25) is 19.5 Å². The van der Waals surface area contributed by atoms with E-state index in [0.29, 0.717) is 16.6 Å². The van der Waals surface area contributed by atoms with Gasteiger partial charge in [0.15, 0.2) is 11.7 Å². The third kappa shape index (κ3) is 3.27. The second kappa shape index (κ2) is 6.93. The Hall–Kier alpha value is -3.26. The number of amides is 2. The molecule has 0 bridgehead atoms. The summed E-state index contributed by atoms with van der Waals surface area (Å²) in [4.78, 5) is 34.4. The summed E-state index contributed by atoms with van der Waals surface area (Å²) in [6.07, 6.45) is 3.40. The monoisotopic (exact) mass is 366 g/mol. The van der Waals surface area contributed by atoms with Gasteiger partial charge in [-0.25, -0.2) is 4.98 Å². The van der Waals surface area contributed by atoms with Gasteiger partial charge in [-0.05, 0) is 24.3 Å². The maximum absolute atomic E-state index is 12.4.